The first-order chi connectivity index (χ1) is 20.2. The first kappa shape index (κ1) is 28.4. The van der Waals surface area contributed by atoms with Crippen molar-refractivity contribution in [3.05, 3.63) is 87.4 Å². The van der Waals surface area contributed by atoms with Crippen molar-refractivity contribution in [2.45, 2.75) is 38.6 Å². The van der Waals surface area contributed by atoms with Crippen molar-refractivity contribution in [3.63, 3.8) is 0 Å². The summed E-state index contributed by atoms with van der Waals surface area (Å²) in [5, 5.41) is 5.11. The number of fused-ring (bicyclic) bond motifs is 1. The molecule has 4 heterocycles. The summed E-state index contributed by atoms with van der Waals surface area (Å²) >= 11 is 3.55. The van der Waals surface area contributed by atoms with E-state index in [0.717, 1.165) is 32.6 Å². The van der Waals surface area contributed by atoms with Crippen molar-refractivity contribution in [2.24, 2.45) is 0 Å². The van der Waals surface area contributed by atoms with Crippen LogP contribution in [0.3, 0.4) is 0 Å². The second-order valence-corrected chi connectivity index (χ2v) is 12.5. The number of halogens is 1. The Morgan fingerprint density at radius 2 is 1.90 bits per heavy atom. The molecular weight excluding hydrogens is 594 g/mol. The number of aromatic amines is 1. The zero-order valence-electron chi connectivity index (χ0n) is 24.5. The lowest BCUT2D eigenvalue weighted by Gasteiger charge is -2.38. The van der Waals surface area contributed by atoms with E-state index in [0.29, 0.717) is 56.0 Å². The van der Waals surface area contributed by atoms with Crippen molar-refractivity contribution in [1.29, 1.82) is 0 Å². The third-order valence-corrected chi connectivity index (χ3v) is 8.92. The molecule has 0 aliphatic carbocycles. The molecule has 0 saturated carbocycles. The van der Waals surface area contributed by atoms with Gasteiger partial charge in [-0.15, -0.1) is 0 Å². The lowest BCUT2D eigenvalue weighted by molar-refractivity contribution is -0.126. The molecule has 6 rings (SSSR count). The zero-order chi connectivity index (χ0) is 29.5. The summed E-state index contributed by atoms with van der Waals surface area (Å²) in [5.41, 5.74) is 7.45. The molecule has 2 aromatic carbocycles. The van der Waals surface area contributed by atoms with E-state index >= 15 is 0 Å². The molecule has 42 heavy (non-hydrogen) atoms. The number of likely N-dealkylation sites (N-methyl/N-ethyl adjacent to an activating group) is 1. The number of aromatic nitrogens is 4. The smallest absolute Gasteiger partial charge is 0.256 e. The van der Waals surface area contributed by atoms with Crippen LogP contribution in [0.4, 0.5) is 0 Å². The van der Waals surface area contributed by atoms with Crippen LogP contribution in [0.1, 0.15) is 58.7 Å². The van der Waals surface area contributed by atoms with E-state index < -0.39 is 0 Å². The third kappa shape index (κ3) is 5.18. The minimum absolute atomic E-state index is 0.0433. The van der Waals surface area contributed by atoms with Gasteiger partial charge in [-0.3, -0.25) is 9.59 Å². The van der Waals surface area contributed by atoms with Crippen LogP contribution in [0, 0.1) is 0 Å². The minimum Gasteiger partial charge on any atom is -0.344 e. The van der Waals surface area contributed by atoms with Gasteiger partial charge in [0.25, 0.3) is 5.91 Å². The van der Waals surface area contributed by atoms with Gasteiger partial charge >= 0.3 is 0 Å². The van der Waals surface area contributed by atoms with Gasteiger partial charge in [-0.05, 0) is 65.8 Å². The number of carbonyl (C=O) groups excluding carboxylic acids is 2. The Hall–Kier alpha value is -3.76. The summed E-state index contributed by atoms with van der Waals surface area (Å²) in [6.07, 6.45) is 6.46. The molecule has 1 atom stereocenters. The number of hydrogen-bond acceptors (Lipinski definition) is 5. The van der Waals surface area contributed by atoms with Crippen LogP contribution in [-0.4, -0.2) is 86.5 Å². The Morgan fingerprint density at radius 1 is 1.12 bits per heavy atom. The lowest BCUT2D eigenvalue weighted by Crippen LogP contribution is -2.46. The maximum absolute atomic E-state index is 14.3. The number of benzene rings is 2. The molecule has 2 aromatic heterocycles. The molecular formula is C32H36BrN7O2. The number of carbonyl (C=O) groups is 2. The van der Waals surface area contributed by atoms with Gasteiger partial charge in [-0.1, -0.05) is 32.1 Å². The molecule has 0 bridgehead atoms. The van der Waals surface area contributed by atoms with E-state index in [1.165, 1.54) is 5.56 Å². The number of imidazole rings is 1. The van der Waals surface area contributed by atoms with E-state index in [1.54, 1.807) is 12.4 Å². The number of nitrogens with zero attached hydrogens (tertiary/aromatic N) is 6. The maximum atomic E-state index is 14.3. The lowest BCUT2D eigenvalue weighted by atomic mass is 9.94. The van der Waals surface area contributed by atoms with E-state index in [9.17, 15) is 9.59 Å². The number of H-pyrrole nitrogens is 1. The van der Waals surface area contributed by atoms with Gasteiger partial charge < -0.3 is 19.7 Å². The average Bonchev–Trinajstić information content (AvgIpc) is 3.56. The highest BCUT2D eigenvalue weighted by molar-refractivity contribution is 9.10. The van der Waals surface area contributed by atoms with Gasteiger partial charge in [0, 0.05) is 55.1 Å². The molecule has 1 N–H and O–H groups in total. The van der Waals surface area contributed by atoms with E-state index in [-0.39, 0.29) is 17.9 Å². The molecule has 4 aromatic rings. The van der Waals surface area contributed by atoms with Crippen molar-refractivity contribution in [3.8, 4) is 5.69 Å². The maximum Gasteiger partial charge on any atom is 0.256 e. The highest BCUT2D eigenvalue weighted by Gasteiger charge is 2.40. The molecule has 2 aliphatic rings. The van der Waals surface area contributed by atoms with Gasteiger partial charge in [-0.25, -0.2) is 9.67 Å². The first-order valence-electron chi connectivity index (χ1n) is 14.5. The SMILES string of the molecule is CC(C)c1ccc(-n2nc3c4c2CCN(C(=O)c2ccc(Br)c5nc[nH]c25)C4CN(C(=O)/C=C/CN(C)C)CC3)cc1. The summed E-state index contributed by atoms with van der Waals surface area (Å²) in [4.78, 5) is 41.0. The van der Waals surface area contributed by atoms with Crippen molar-refractivity contribution in [2.75, 3.05) is 40.3 Å². The van der Waals surface area contributed by atoms with Crippen LogP contribution in [0.5, 0.6) is 0 Å². The van der Waals surface area contributed by atoms with Crippen LogP contribution in [-0.2, 0) is 17.6 Å². The van der Waals surface area contributed by atoms with Gasteiger partial charge in [0.1, 0.15) is 5.52 Å². The second kappa shape index (κ2) is 11.5. The fraction of sp³-hybridized carbons (Fsp3) is 0.375. The van der Waals surface area contributed by atoms with E-state index in [1.807, 2.05) is 47.0 Å². The quantitative estimate of drug-likeness (QED) is 0.307. The molecule has 0 radical (unpaired) electrons. The van der Waals surface area contributed by atoms with E-state index in [4.69, 9.17) is 5.10 Å². The largest absolute Gasteiger partial charge is 0.344 e. The zero-order valence-corrected chi connectivity index (χ0v) is 26.1. The van der Waals surface area contributed by atoms with Crippen LogP contribution >= 0.6 is 15.9 Å². The van der Waals surface area contributed by atoms with Crippen LogP contribution in [0.2, 0.25) is 0 Å². The van der Waals surface area contributed by atoms with E-state index in [2.05, 4.69) is 68.7 Å². The predicted octanol–water partition coefficient (Wildman–Crippen LogP) is 4.88. The average molecular weight is 631 g/mol. The van der Waals surface area contributed by atoms with Crippen LogP contribution in [0.15, 0.2) is 59.4 Å². The molecule has 1 unspecified atom stereocenters. The number of hydrogen-bond donors (Lipinski definition) is 1. The molecule has 0 fully saturated rings. The monoisotopic (exact) mass is 629 g/mol. The standard InChI is InChI=1S/C32H36BrN7O2/c1-20(2)21-7-9-22(10-8-21)40-26-14-17-39(32(42)23-11-12-24(33)31-30(23)34-19-35-31)27-18-38(16-13-25(36-40)29(26)27)28(41)6-5-15-37(3)4/h5-12,19-20,27H,13-18H2,1-4H3,(H,34,35)/b6-5+. The van der Waals surface area contributed by atoms with Crippen LogP contribution < -0.4 is 0 Å². The minimum atomic E-state index is -0.310. The Kier molecular flexibility index (Phi) is 7.76. The summed E-state index contributed by atoms with van der Waals surface area (Å²) in [7, 11) is 3.95. The van der Waals surface area contributed by atoms with Crippen molar-refractivity contribution in [1.82, 2.24) is 34.4 Å². The second-order valence-electron chi connectivity index (χ2n) is 11.6. The number of nitrogens with one attached hydrogen (secondary N) is 1. The molecule has 10 heteroatoms. The third-order valence-electron chi connectivity index (χ3n) is 8.28. The summed E-state index contributed by atoms with van der Waals surface area (Å²) in [6, 6.07) is 12.0. The number of amides is 2. The first-order valence-corrected chi connectivity index (χ1v) is 15.3. The highest BCUT2D eigenvalue weighted by atomic mass is 79.9. The molecule has 2 aliphatic heterocycles. The fourth-order valence-corrected chi connectivity index (χ4v) is 6.49. The van der Waals surface area contributed by atoms with Crippen LogP contribution in [0.25, 0.3) is 16.7 Å². The van der Waals surface area contributed by atoms with Gasteiger partial charge in [-0.2, -0.15) is 5.10 Å². The van der Waals surface area contributed by atoms with Gasteiger partial charge in [0.15, 0.2) is 0 Å². The van der Waals surface area contributed by atoms with Crippen molar-refractivity contribution < 1.29 is 9.59 Å². The van der Waals surface area contributed by atoms with Gasteiger partial charge in [0.05, 0.1) is 40.5 Å². The summed E-state index contributed by atoms with van der Waals surface area (Å²) in [6.45, 7) is 6.55. The fourth-order valence-electron chi connectivity index (χ4n) is 6.05. The Labute approximate surface area is 254 Å². The topological polar surface area (TPSA) is 90.4 Å². The Bertz CT molecular complexity index is 1670. The summed E-state index contributed by atoms with van der Waals surface area (Å²) < 4.78 is 2.89. The van der Waals surface area contributed by atoms with Crippen molar-refractivity contribution >= 4 is 38.8 Å². The molecule has 0 saturated heterocycles. The number of rotatable bonds is 6. The molecule has 2 amide bonds. The Balaban J connectivity index is 1.40. The Morgan fingerprint density at radius 3 is 2.64 bits per heavy atom. The molecule has 9 nitrogen and oxygen atoms in total. The molecule has 218 valence electrons. The normalized spacial score (nSPS) is 17.0. The molecule has 0 spiro atoms. The predicted molar refractivity (Wildman–Crippen MR) is 167 cm³/mol. The highest BCUT2D eigenvalue weighted by Crippen LogP contribution is 2.38. The van der Waals surface area contributed by atoms with Gasteiger partial charge in [0.2, 0.25) is 5.91 Å². The summed E-state index contributed by atoms with van der Waals surface area (Å²) in [5.74, 6) is 0.328.